The van der Waals surface area contributed by atoms with E-state index < -0.39 is 0 Å². The number of thioether (sulfide) groups is 1. The predicted molar refractivity (Wildman–Crippen MR) is 83.6 cm³/mol. The molecule has 1 aromatic heterocycles. The van der Waals surface area contributed by atoms with Gasteiger partial charge in [0.05, 0.1) is 0 Å². The van der Waals surface area contributed by atoms with Gasteiger partial charge in [-0.1, -0.05) is 32.0 Å². The molecule has 0 saturated carbocycles. The summed E-state index contributed by atoms with van der Waals surface area (Å²) >= 11 is 1.91. The quantitative estimate of drug-likeness (QED) is 0.774. The third-order valence-electron chi connectivity index (χ3n) is 2.89. The summed E-state index contributed by atoms with van der Waals surface area (Å²) in [5.74, 6) is 1.11. The van der Waals surface area contributed by atoms with Gasteiger partial charge in [0.1, 0.15) is 0 Å². The van der Waals surface area contributed by atoms with E-state index in [2.05, 4.69) is 72.5 Å². The Morgan fingerprint density at radius 1 is 1.16 bits per heavy atom. The van der Waals surface area contributed by atoms with Gasteiger partial charge in [-0.3, -0.25) is 0 Å². The number of nitrogens with one attached hydrogen (secondary N) is 1. The third kappa shape index (κ3) is 5.13. The molecule has 2 rings (SSSR count). The summed E-state index contributed by atoms with van der Waals surface area (Å²) in [7, 11) is 0. The van der Waals surface area contributed by atoms with Crippen molar-refractivity contribution < 1.29 is 0 Å². The molecule has 0 amide bonds. The number of hydrogen-bond donors (Lipinski definition) is 1. The predicted octanol–water partition coefficient (Wildman–Crippen LogP) is 3.78. The van der Waals surface area contributed by atoms with Crippen LogP contribution in [-0.2, 0) is 13.1 Å². The van der Waals surface area contributed by atoms with Gasteiger partial charge < -0.3 is 9.88 Å². The third-order valence-corrected chi connectivity index (χ3v) is 3.88. The van der Waals surface area contributed by atoms with Crippen molar-refractivity contribution in [3.63, 3.8) is 0 Å². The highest BCUT2D eigenvalue weighted by molar-refractivity contribution is 7.99. The molecule has 0 aliphatic heterocycles. The molecule has 1 N–H and O–H groups in total. The molecule has 0 spiro atoms. The molecule has 0 atom stereocenters. The largest absolute Gasteiger partial charge is 0.353 e. The zero-order chi connectivity index (χ0) is 13.5. The first-order chi connectivity index (χ1) is 9.24. The molecule has 0 radical (unpaired) electrons. The van der Waals surface area contributed by atoms with Crippen LogP contribution in [0.3, 0.4) is 0 Å². The number of hydrogen-bond acceptors (Lipinski definition) is 2. The van der Waals surface area contributed by atoms with Gasteiger partial charge in [-0.2, -0.15) is 0 Å². The lowest BCUT2D eigenvalue weighted by Gasteiger charge is -2.06. The minimum atomic E-state index is 0.539. The Balaban J connectivity index is 1.74. The molecule has 19 heavy (non-hydrogen) atoms. The van der Waals surface area contributed by atoms with Crippen LogP contribution in [0.2, 0.25) is 0 Å². The molecule has 102 valence electrons. The van der Waals surface area contributed by atoms with Crippen LogP contribution < -0.4 is 5.32 Å². The van der Waals surface area contributed by atoms with E-state index >= 15 is 0 Å². The zero-order valence-corrected chi connectivity index (χ0v) is 12.5. The van der Waals surface area contributed by atoms with Gasteiger partial charge >= 0.3 is 0 Å². The van der Waals surface area contributed by atoms with Crippen molar-refractivity contribution >= 4 is 11.8 Å². The Hall–Kier alpha value is -1.19. The van der Waals surface area contributed by atoms with E-state index in [1.807, 2.05) is 11.8 Å². The number of aryl methyl sites for hydroxylation is 1. The van der Waals surface area contributed by atoms with Crippen LogP contribution in [0.4, 0.5) is 0 Å². The van der Waals surface area contributed by atoms with Crippen molar-refractivity contribution in [2.45, 2.75) is 37.9 Å². The molecule has 1 aromatic carbocycles. The molecule has 2 nitrogen and oxygen atoms in total. The van der Waals surface area contributed by atoms with Crippen molar-refractivity contribution in [1.29, 1.82) is 0 Å². The topological polar surface area (TPSA) is 17.0 Å². The second kappa shape index (κ2) is 7.41. The molecule has 0 aliphatic rings. The first-order valence-electron chi connectivity index (χ1n) is 6.80. The zero-order valence-electron chi connectivity index (χ0n) is 11.7. The maximum Gasteiger partial charge on any atom is 0.0314 e. The molecule has 0 saturated heterocycles. The fourth-order valence-corrected chi connectivity index (χ4v) is 2.73. The van der Waals surface area contributed by atoms with Crippen LogP contribution in [0.25, 0.3) is 0 Å². The van der Waals surface area contributed by atoms with Crippen LogP contribution in [-0.4, -0.2) is 16.4 Å². The fourth-order valence-electron chi connectivity index (χ4n) is 1.84. The highest BCUT2D eigenvalue weighted by Gasteiger charge is 1.99. The molecule has 1 heterocycles. The van der Waals surface area contributed by atoms with E-state index in [9.17, 15) is 0 Å². The maximum absolute atomic E-state index is 3.44. The van der Waals surface area contributed by atoms with Gasteiger partial charge in [0.25, 0.3) is 0 Å². The highest BCUT2D eigenvalue weighted by atomic mass is 32.2. The van der Waals surface area contributed by atoms with Crippen molar-refractivity contribution in [3.05, 3.63) is 54.4 Å². The molecular formula is C16H22N2S. The molecule has 0 fully saturated rings. The van der Waals surface area contributed by atoms with Gasteiger partial charge in [-0.15, -0.1) is 11.8 Å². The van der Waals surface area contributed by atoms with Crippen LogP contribution in [0, 0.1) is 0 Å². The summed E-state index contributed by atoms with van der Waals surface area (Å²) in [5, 5.41) is 3.44. The number of rotatable bonds is 7. The van der Waals surface area contributed by atoms with Gasteiger partial charge in [0.2, 0.25) is 0 Å². The van der Waals surface area contributed by atoms with Crippen LogP contribution in [0.1, 0.15) is 19.4 Å². The Morgan fingerprint density at radius 3 is 2.68 bits per heavy atom. The van der Waals surface area contributed by atoms with Crippen molar-refractivity contribution in [1.82, 2.24) is 9.88 Å². The molecule has 0 unspecified atom stereocenters. The van der Waals surface area contributed by atoms with E-state index in [0.717, 1.165) is 18.8 Å². The molecule has 0 bridgehead atoms. The van der Waals surface area contributed by atoms with Gasteiger partial charge in [-0.25, -0.2) is 0 Å². The number of aromatic nitrogens is 1. The summed E-state index contributed by atoms with van der Waals surface area (Å²) in [6.07, 6.45) is 4.41. The fraction of sp³-hybridized carbons (Fsp3) is 0.375. The van der Waals surface area contributed by atoms with Crippen molar-refractivity contribution in [3.8, 4) is 0 Å². The summed E-state index contributed by atoms with van der Waals surface area (Å²) in [6.45, 7) is 6.36. The van der Waals surface area contributed by atoms with Crippen LogP contribution >= 0.6 is 11.8 Å². The first kappa shape index (κ1) is 14.2. The minimum absolute atomic E-state index is 0.539. The smallest absolute Gasteiger partial charge is 0.0314 e. The van der Waals surface area contributed by atoms with Gasteiger partial charge in [0, 0.05) is 42.2 Å². The van der Waals surface area contributed by atoms with E-state index in [0.29, 0.717) is 6.04 Å². The minimum Gasteiger partial charge on any atom is -0.353 e. The summed E-state index contributed by atoms with van der Waals surface area (Å²) in [6, 6.07) is 13.3. The van der Waals surface area contributed by atoms with Gasteiger partial charge in [0.15, 0.2) is 0 Å². The standard InChI is InChI=1S/C16H22N2S/c1-14(2)17-12-15-8-9-18(13-15)10-11-19-16-6-4-3-5-7-16/h3-9,13-14,17H,10-12H2,1-2H3. The first-order valence-corrected chi connectivity index (χ1v) is 7.78. The molecule has 0 aliphatic carbocycles. The highest BCUT2D eigenvalue weighted by Crippen LogP contribution is 2.17. The van der Waals surface area contributed by atoms with E-state index in [-0.39, 0.29) is 0 Å². The second-order valence-electron chi connectivity index (χ2n) is 4.95. The number of benzene rings is 1. The lowest BCUT2D eigenvalue weighted by atomic mass is 10.3. The lowest BCUT2D eigenvalue weighted by Crippen LogP contribution is -2.21. The van der Waals surface area contributed by atoms with Crippen LogP contribution in [0.5, 0.6) is 0 Å². The van der Waals surface area contributed by atoms with Crippen molar-refractivity contribution in [2.24, 2.45) is 0 Å². The lowest BCUT2D eigenvalue weighted by molar-refractivity contribution is 0.588. The van der Waals surface area contributed by atoms with Crippen LogP contribution in [0.15, 0.2) is 53.7 Å². The second-order valence-corrected chi connectivity index (χ2v) is 6.12. The molecular weight excluding hydrogens is 252 g/mol. The Kier molecular flexibility index (Phi) is 5.55. The summed E-state index contributed by atoms with van der Waals surface area (Å²) < 4.78 is 2.27. The Labute approximate surface area is 120 Å². The van der Waals surface area contributed by atoms with Crippen molar-refractivity contribution in [2.75, 3.05) is 5.75 Å². The average molecular weight is 274 g/mol. The van der Waals surface area contributed by atoms with E-state index in [1.54, 1.807) is 0 Å². The molecule has 3 heteroatoms. The SMILES string of the molecule is CC(C)NCc1ccn(CCSc2ccccc2)c1. The van der Waals surface area contributed by atoms with Gasteiger partial charge in [-0.05, 0) is 23.8 Å². The number of nitrogens with zero attached hydrogens (tertiary/aromatic N) is 1. The average Bonchev–Trinajstić information content (AvgIpc) is 2.86. The summed E-state index contributed by atoms with van der Waals surface area (Å²) in [4.78, 5) is 1.34. The molecule has 2 aromatic rings. The Bertz CT molecular complexity index is 477. The van der Waals surface area contributed by atoms with E-state index in [4.69, 9.17) is 0 Å². The normalized spacial score (nSPS) is 11.1. The maximum atomic E-state index is 3.44. The monoisotopic (exact) mass is 274 g/mol. The van der Waals surface area contributed by atoms with E-state index in [1.165, 1.54) is 10.5 Å². The summed E-state index contributed by atoms with van der Waals surface area (Å²) in [5.41, 5.74) is 1.36. The Morgan fingerprint density at radius 2 is 1.95 bits per heavy atom.